The van der Waals surface area contributed by atoms with Gasteiger partial charge in [0.2, 0.25) is 16.0 Å². The highest BCUT2D eigenvalue weighted by Crippen LogP contribution is 2.32. The summed E-state index contributed by atoms with van der Waals surface area (Å²) < 4.78 is 36.6. The number of carbonyl (C=O) groups is 1. The maximum Gasteiger partial charge on any atom is 0.445 e. The Labute approximate surface area is 99.4 Å². The first-order valence-electron chi connectivity index (χ1n) is 4.70. The van der Waals surface area contributed by atoms with Crippen LogP contribution in [-0.4, -0.2) is 29.7 Å². The fraction of sp³-hybridized carbons (Fsp3) is 0.625. The number of anilines is 1. The fourth-order valence-electron chi connectivity index (χ4n) is 1.02. The minimum Gasteiger partial charge on any atom is -0.319 e. The van der Waals surface area contributed by atoms with Gasteiger partial charge in [0.05, 0.1) is 0 Å². The second-order valence-corrected chi connectivity index (χ2v) is 4.34. The molecule has 1 aromatic rings. The van der Waals surface area contributed by atoms with Crippen LogP contribution in [-0.2, 0) is 11.0 Å². The van der Waals surface area contributed by atoms with Crippen molar-refractivity contribution in [1.29, 1.82) is 0 Å². The van der Waals surface area contributed by atoms with E-state index in [-0.39, 0.29) is 11.0 Å². The van der Waals surface area contributed by atoms with E-state index in [1.165, 1.54) is 0 Å². The van der Waals surface area contributed by atoms with Gasteiger partial charge in [0.25, 0.3) is 0 Å². The molecule has 1 unspecified atom stereocenters. The Morgan fingerprint density at radius 2 is 2.12 bits per heavy atom. The maximum atomic E-state index is 12.2. The molecule has 1 heterocycles. The molecule has 0 saturated heterocycles. The quantitative estimate of drug-likeness (QED) is 0.865. The molecule has 0 aliphatic carbocycles. The average molecular weight is 268 g/mol. The fourth-order valence-corrected chi connectivity index (χ4v) is 1.63. The van der Waals surface area contributed by atoms with Crippen LogP contribution in [0.15, 0.2) is 0 Å². The third-order valence-corrected chi connectivity index (χ3v) is 2.74. The summed E-state index contributed by atoms with van der Waals surface area (Å²) in [6, 6.07) is 0. The third kappa shape index (κ3) is 3.93. The molecule has 9 heteroatoms. The first kappa shape index (κ1) is 13.8. The predicted molar refractivity (Wildman–Crippen MR) is 56.6 cm³/mol. The summed E-state index contributed by atoms with van der Waals surface area (Å²) in [4.78, 5) is 11.5. The monoisotopic (exact) mass is 268 g/mol. The SMILES string of the molecule is CNCC(C)C(=O)Nc1nnc(C(F)(F)F)s1. The van der Waals surface area contributed by atoms with Crippen LogP contribution in [0.2, 0.25) is 0 Å². The van der Waals surface area contributed by atoms with Crippen molar-refractivity contribution in [2.75, 3.05) is 18.9 Å². The topological polar surface area (TPSA) is 66.9 Å². The Bertz CT molecular complexity index is 392. The molecule has 0 radical (unpaired) electrons. The Balaban J connectivity index is 2.64. The summed E-state index contributed by atoms with van der Waals surface area (Å²) in [6.07, 6.45) is -4.53. The lowest BCUT2D eigenvalue weighted by Crippen LogP contribution is -2.28. The van der Waals surface area contributed by atoms with Crippen LogP contribution in [0.1, 0.15) is 11.9 Å². The van der Waals surface area contributed by atoms with Crippen molar-refractivity contribution < 1.29 is 18.0 Å². The molecule has 0 saturated carbocycles. The van der Waals surface area contributed by atoms with Gasteiger partial charge >= 0.3 is 6.18 Å². The van der Waals surface area contributed by atoms with E-state index in [1.807, 2.05) is 0 Å². The molecule has 0 fully saturated rings. The van der Waals surface area contributed by atoms with Gasteiger partial charge in [-0.3, -0.25) is 4.79 Å². The number of hydrogen-bond donors (Lipinski definition) is 2. The molecular formula is C8H11F3N4OS. The summed E-state index contributed by atoms with van der Waals surface area (Å²) in [5.41, 5.74) is 0. The summed E-state index contributed by atoms with van der Waals surface area (Å²) in [5, 5.41) is 10.1. The number of aromatic nitrogens is 2. The van der Waals surface area contributed by atoms with E-state index in [1.54, 1.807) is 14.0 Å². The minimum atomic E-state index is -4.53. The summed E-state index contributed by atoms with van der Waals surface area (Å²) in [5.74, 6) is -0.762. The highest BCUT2D eigenvalue weighted by Gasteiger charge is 2.35. The molecule has 17 heavy (non-hydrogen) atoms. The van der Waals surface area contributed by atoms with Gasteiger partial charge in [-0.15, -0.1) is 10.2 Å². The Morgan fingerprint density at radius 3 is 2.59 bits per heavy atom. The first-order chi connectivity index (χ1) is 7.84. The molecule has 1 aromatic heterocycles. The molecule has 1 rings (SSSR count). The molecule has 2 N–H and O–H groups in total. The predicted octanol–water partition coefficient (Wildman–Crippen LogP) is 1.35. The number of halogens is 3. The normalized spacial score (nSPS) is 13.5. The number of carbonyl (C=O) groups excluding carboxylic acids is 1. The highest BCUT2D eigenvalue weighted by molar-refractivity contribution is 7.15. The molecule has 0 spiro atoms. The second kappa shape index (κ2) is 5.41. The van der Waals surface area contributed by atoms with Gasteiger partial charge in [-0.1, -0.05) is 18.3 Å². The number of nitrogens with zero attached hydrogens (tertiary/aromatic N) is 2. The van der Waals surface area contributed by atoms with Crippen LogP contribution in [0.4, 0.5) is 18.3 Å². The van der Waals surface area contributed by atoms with Gasteiger partial charge in [0.15, 0.2) is 0 Å². The highest BCUT2D eigenvalue weighted by atomic mass is 32.1. The molecule has 96 valence electrons. The molecule has 5 nitrogen and oxygen atoms in total. The summed E-state index contributed by atoms with van der Waals surface area (Å²) in [6.45, 7) is 2.08. The maximum absolute atomic E-state index is 12.2. The Kier molecular flexibility index (Phi) is 4.40. The van der Waals surface area contributed by atoms with Crippen molar-refractivity contribution in [2.24, 2.45) is 5.92 Å². The molecule has 0 aliphatic rings. The van der Waals surface area contributed by atoms with Crippen molar-refractivity contribution in [3.8, 4) is 0 Å². The van der Waals surface area contributed by atoms with Crippen molar-refractivity contribution in [3.05, 3.63) is 5.01 Å². The van der Waals surface area contributed by atoms with E-state index in [4.69, 9.17) is 0 Å². The lowest BCUT2D eigenvalue weighted by atomic mass is 10.2. The van der Waals surface area contributed by atoms with E-state index in [0.717, 1.165) is 0 Å². The molecule has 1 atom stereocenters. The summed E-state index contributed by atoms with van der Waals surface area (Å²) >= 11 is 0.304. The van der Waals surface area contributed by atoms with Gasteiger partial charge in [-0.05, 0) is 7.05 Å². The molecular weight excluding hydrogens is 257 g/mol. The molecule has 0 aliphatic heterocycles. The minimum absolute atomic E-state index is 0.148. The smallest absolute Gasteiger partial charge is 0.319 e. The third-order valence-electron chi connectivity index (χ3n) is 1.86. The van der Waals surface area contributed by atoms with Gasteiger partial charge in [-0.25, -0.2) is 0 Å². The zero-order chi connectivity index (χ0) is 13.1. The molecule has 1 amide bonds. The van der Waals surface area contributed by atoms with E-state index in [0.29, 0.717) is 17.9 Å². The van der Waals surface area contributed by atoms with Crippen LogP contribution in [0.3, 0.4) is 0 Å². The Hall–Kier alpha value is -1.22. The van der Waals surface area contributed by atoms with Crippen LogP contribution in [0.5, 0.6) is 0 Å². The second-order valence-electron chi connectivity index (χ2n) is 3.36. The average Bonchev–Trinajstić information content (AvgIpc) is 2.66. The van der Waals surface area contributed by atoms with Crippen LogP contribution < -0.4 is 10.6 Å². The van der Waals surface area contributed by atoms with E-state index >= 15 is 0 Å². The number of alkyl halides is 3. The number of rotatable bonds is 4. The van der Waals surface area contributed by atoms with Crippen molar-refractivity contribution in [1.82, 2.24) is 15.5 Å². The van der Waals surface area contributed by atoms with Crippen LogP contribution in [0, 0.1) is 5.92 Å². The molecule has 0 bridgehead atoms. The molecule has 0 aromatic carbocycles. The summed E-state index contributed by atoms with van der Waals surface area (Å²) in [7, 11) is 1.68. The standard InChI is InChI=1S/C8H11F3N4OS/c1-4(3-12-2)5(16)13-7-15-14-6(17-7)8(9,10)11/h4,12H,3H2,1-2H3,(H,13,15,16). The van der Waals surface area contributed by atoms with Crippen molar-refractivity contribution >= 4 is 22.4 Å². The number of hydrogen-bond acceptors (Lipinski definition) is 5. The Morgan fingerprint density at radius 1 is 1.47 bits per heavy atom. The lowest BCUT2D eigenvalue weighted by Gasteiger charge is -2.08. The van der Waals surface area contributed by atoms with Crippen LogP contribution >= 0.6 is 11.3 Å². The van der Waals surface area contributed by atoms with Gasteiger partial charge in [0.1, 0.15) is 0 Å². The first-order valence-corrected chi connectivity index (χ1v) is 5.52. The van der Waals surface area contributed by atoms with Crippen LogP contribution in [0.25, 0.3) is 0 Å². The van der Waals surface area contributed by atoms with Gasteiger partial charge in [-0.2, -0.15) is 13.2 Å². The zero-order valence-corrected chi connectivity index (χ0v) is 9.95. The van der Waals surface area contributed by atoms with E-state index < -0.39 is 17.1 Å². The number of nitrogens with one attached hydrogen (secondary N) is 2. The van der Waals surface area contributed by atoms with E-state index in [2.05, 4.69) is 20.8 Å². The van der Waals surface area contributed by atoms with Crippen molar-refractivity contribution in [3.63, 3.8) is 0 Å². The largest absolute Gasteiger partial charge is 0.445 e. The van der Waals surface area contributed by atoms with Crippen molar-refractivity contribution in [2.45, 2.75) is 13.1 Å². The zero-order valence-electron chi connectivity index (χ0n) is 9.13. The lowest BCUT2D eigenvalue weighted by molar-refractivity contribution is -0.138. The van der Waals surface area contributed by atoms with Gasteiger partial charge in [0, 0.05) is 12.5 Å². The van der Waals surface area contributed by atoms with E-state index in [9.17, 15) is 18.0 Å². The van der Waals surface area contributed by atoms with Gasteiger partial charge < -0.3 is 10.6 Å². The number of amides is 1.